The summed E-state index contributed by atoms with van der Waals surface area (Å²) in [5, 5.41) is 9.31. The summed E-state index contributed by atoms with van der Waals surface area (Å²) >= 11 is 0. The highest BCUT2D eigenvalue weighted by Crippen LogP contribution is 2.41. The third kappa shape index (κ3) is 2.67. The Hall–Kier alpha value is -1.13. The Balaban J connectivity index is 1.74. The molecule has 1 aromatic carbocycles. The fraction of sp³-hybridized carbons (Fsp3) is 0.625. The lowest BCUT2D eigenvalue weighted by atomic mass is 9.90. The van der Waals surface area contributed by atoms with Crippen molar-refractivity contribution in [1.82, 2.24) is 0 Å². The summed E-state index contributed by atoms with van der Waals surface area (Å²) in [4.78, 5) is 0. The van der Waals surface area contributed by atoms with Gasteiger partial charge in [-0.15, -0.1) is 0 Å². The molecule has 0 aromatic heterocycles. The van der Waals surface area contributed by atoms with Gasteiger partial charge in [-0.3, -0.25) is 0 Å². The maximum atomic E-state index is 13.9. The van der Waals surface area contributed by atoms with E-state index in [1.807, 2.05) is 0 Å². The molecule has 3 rings (SSSR count). The highest BCUT2D eigenvalue weighted by atomic mass is 19.1. The average molecular weight is 280 g/mol. The molecule has 1 heterocycles. The van der Waals surface area contributed by atoms with Crippen molar-refractivity contribution in [2.24, 2.45) is 0 Å². The van der Waals surface area contributed by atoms with Crippen LogP contribution in [0.5, 0.6) is 5.75 Å². The smallest absolute Gasteiger partial charge is 0.165 e. The first-order valence-electron chi connectivity index (χ1n) is 7.41. The molecule has 1 saturated carbocycles. The molecule has 3 nitrogen and oxygen atoms in total. The fourth-order valence-corrected chi connectivity index (χ4v) is 3.43. The van der Waals surface area contributed by atoms with E-state index in [4.69, 9.17) is 9.47 Å². The standard InChI is InChI=1S/C16H21FO3/c17-14-5-3-4-12(11-18)15(14)20-13-6-9-19-16(10-13)7-1-2-8-16/h3-5,13,18H,1-2,6-11H2. The molecule has 4 heteroatoms. The number of benzene rings is 1. The molecule has 1 atom stereocenters. The van der Waals surface area contributed by atoms with Gasteiger partial charge in [0.25, 0.3) is 0 Å². The van der Waals surface area contributed by atoms with Crippen LogP contribution in [0.3, 0.4) is 0 Å². The highest BCUT2D eigenvalue weighted by Gasteiger charge is 2.41. The van der Waals surface area contributed by atoms with Crippen LogP contribution in [0.25, 0.3) is 0 Å². The molecular weight excluding hydrogens is 259 g/mol. The van der Waals surface area contributed by atoms with Crippen molar-refractivity contribution in [3.8, 4) is 5.75 Å². The van der Waals surface area contributed by atoms with Crippen LogP contribution in [0, 0.1) is 5.82 Å². The first-order chi connectivity index (χ1) is 9.72. The fourth-order valence-electron chi connectivity index (χ4n) is 3.43. The molecule has 110 valence electrons. The minimum Gasteiger partial charge on any atom is -0.487 e. The summed E-state index contributed by atoms with van der Waals surface area (Å²) in [6, 6.07) is 4.67. The molecule has 1 spiro atoms. The van der Waals surface area contributed by atoms with Crippen molar-refractivity contribution in [3.05, 3.63) is 29.6 Å². The van der Waals surface area contributed by atoms with Gasteiger partial charge in [0.05, 0.1) is 18.8 Å². The van der Waals surface area contributed by atoms with Crippen molar-refractivity contribution in [3.63, 3.8) is 0 Å². The molecule has 1 aromatic rings. The molecule has 1 unspecified atom stereocenters. The molecule has 1 N–H and O–H groups in total. The van der Waals surface area contributed by atoms with E-state index in [1.165, 1.54) is 18.9 Å². The predicted molar refractivity (Wildman–Crippen MR) is 73.1 cm³/mol. The van der Waals surface area contributed by atoms with E-state index < -0.39 is 5.82 Å². The zero-order valence-corrected chi connectivity index (χ0v) is 11.6. The molecule has 20 heavy (non-hydrogen) atoms. The Kier molecular flexibility index (Phi) is 3.94. The molecule has 2 aliphatic rings. The average Bonchev–Trinajstić information content (AvgIpc) is 2.89. The van der Waals surface area contributed by atoms with Crippen LogP contribution in [-0.2, 0) is 11.3 Å². The molecule has 1 saturated heterocycles. The summed E-state index contributed by atoms with van der Waals surface area (Å²) in [5.41, 5.74) is 0.463. The van der Waals surface area contributed by atoms with Crippen molar-refractivity contribution in [2.45, 2.75) is 56.8 Å². The highest BCUT2D eigenvalue weighted by molar-refractivity contribution is 5.34. The number of ether oxygens (including phenoxy) is 2. The number of aliphatic hydroxyl groups excluding tert-OH is 1. The Morgan fingerprint density at radius 2 is 2.15 bits per heavy atom. The maximum absolute atomic E-state index is 13.9. The van der Waals surface area contributed by atoms with Gasteiger partial charge in [0.2, 0.25) is 0 Å². The lowest BCUT2D eigenvalue weighted by Crippen LogP contribution is -2.41. The first-order valence-corrected chi connectivity index (χ1v) is 7.41. The largest absolute Gasteiger partial charge is 0.487 e. The maximum Gasteiger partial charge on any atom is 0.165 e. The van der Waals surface area contributed by atoms with Crippen LogP contribution in [0.15, 0.2) is 18.2 Å². The molecule has 1 aliphatic carbocycles. The van der Waals surface area contributed by atoms with E-state index in [0.717, 1.165) is 25.7 Å². The zero-order valence-electron chi connectivity index (χ0n) is 11.6. The van der Waals surface area contributed by atoms with Gasteiger partial charge >= 0.3 is 0 Å². The van der Waals surface area contributed by atoms with Crippen LogP contribution in [0.1, 0.15) is 44.1 Å². The Bertz CT molecular complexity index is 469. The second kappa shape index (κ2) is 5.70. The quantitative estimate of drug-likeness (QED) is 0.924. The minimum absolute atomic E-state index is 0.0240. The Labute approximate surface area is 118 Å². The van der Waals surface area contributed by atoms with Gasteiger partial charge in [-0.1, -0.05) is 25.0 Å². The van der Waals surface area contributed by atoms with E-state index >= 15 is 0 Å². The monoisotopic (exact) mass is 280 g/mol. The van der Waals surface area contributed by atoms with E-state index in [0.29, 0.717) is 12.2 Å². The summed E-state index contributed by atoms with van der Waals surface area (Å²) in [6.07, 6.45) is 6.15. The first kappa shape index (κ1) is 13.8. The minimum atomic E-state index is -0.400. The van der Waals surface area contributed by atoms with Crippen molar-refractivity contribution in [2.75, 3.05) is 6.61 Å². The molecule has 1 aliphatic heterocycles. The van der Waals surface area contributed by atoms with E-state index in [-0.39, 0.29) is 24.1 Å². The van der Waals surface area contributed by atoms with Crippen molar-refractivity contribution >= 4 is 0 Å². The van der Waals surface area contributed by atoms with Crippen LogP contribution in [0.2, 0.25) is 0 Å². The van der Waals surface area contributed by atoms with E-state index in [9.17, 15) is 9.50 Å². The number of halogens is 1. The van der Waals surface area contributed by atoms with E-state index in [1.54, 1.807) is 12.1 Å². The normalized spacial score (nSPS) is 25.0. The summed E-state index contributed by atoms with van der Waals surface area (Å²) < 4.78 is 25.7. The van der Waals surface area contributed by atoms with Gasteiger partial charge in [-0.05, 0) is 18.9 Å². The van der Waals surface area contributed by atoms with Crippen molar-refractivity contribution in [1.29, 1.82) is 0 Å². The van der Waals surface area contributed by atoms with Gasteiger partial charge in [0.1, 0.15) is 6.10 Å². The molecule has 0 bridgehead atoms. The molecule has 0 amide bonds. The number of para-hydroxylation sites is 1. The third-order valence-corrected chi connectivity index (χ3v) is 4.47. The number of aliphatic hydroxyl groups is 1. The second-order valence-corrected chi connectivity index (χ2v) is 5.86. The Morgan fingerprint density at radius 1 is 1.35 bits per heavy atom. The summed E-state index contributed by atoms with van der Waals surface area (Å²) in [7, 11) is 0. The lowest BCUT2D eigenvalue weighted by Gasteiger charge is -2.38. The SMILES string of the molecule is OCc1cccc(F)c1OC1CCOC2(CCCC2)C1. The second-order valence-electron chi connectivity index (χ2n) is 5.86. The number of rotatable bonds is 3. The van der Waals surface area contributed by atoms with Crippen LogP contribution in [-0.4, -0.2) is 23.4 Å². The van der Waals surface area contributed by atoms with Crippen LogP contribution < -0.4 is 4.74 Å². The topological polar surface area (TPSA) is 38.7 Å². The molecule has 0 radical (unpaired) electrons. The summed E-state index contributed by atoms with van der Waals surface area (Å²) in [6.45, 7) is 0.467. The predicted octanol–water partition coefficient (Wildman–Crippen LogP) is 3.19. The van der Waals surface area contributed by atoms with Gasteiger partial charge in [0, 0.05) is 18.4 Å². The van der Waals surface area contributed by atoms with Gasteiger partial charge in [0.15, 0.2) is 11.6 Å². The Morgan fingerprint density at radius 3 is 2.90 bits per heavy atom. The third-order valence-electron chi connectivity index (χ3n) is 4.47. The zero-order chi connectivity index (χ0) is 14.0. The van der Waals surface area contributed by atoms with Crippen LogP contribution >= 0.6 is 0 Å². The summed E-state index contributed by atoms with van der Waals surface area (Å²) in [5.74, 6) is -0.196. The number of hydrogen-bond donors (Lipinski definition) is 1. The van der Waals surface area contributed by atoms with Gasteiger partial charge in [-0.25, -0.2) is 4.39 Å². The van der Waals surface area contributed by atoms with Crippen molar-refractivity contribution < 1.29 is 19.0 Å². The van der Waals surface area contributed by atoms with Gasteiger partial charge in [-0.2, -0.15) is 0 Å². The van der Waals surface area contributed by atoms with Gasteiger partial charge < -0.3 is 14.6 Å². The number of hydrogen-bond acceptors (Lipinski definition) is 3. The van der Waals surface area contributed by atoms with E-state index in [2.05, 4.69) is 0 Å². The molecular formula is C16H21FO3. The van der Waals surface area contributed by atoms with Crippen LogP contribution in [0.4, 0.5) is 4.39 Å². The molecule has 2 fully saturated rings. The lowest BCUT2D eigenvalue weighted by molar-refractivity contribution is -0.108.